The second kappa shape index (κ2) is 13.6. The third-order valence-electron chi connectivity index (χ3n) is 7.74. The first-order chi connectivity index (χ1) is 22.9. The predicted molar refractivity (Wildman–Crippen MR) is 199 cm³/mol. The van der Waals surface area contributed by atoms with Crippen LogP contribution in [0, 0.1) is 6.92 Å². The molecule has 1 aromatic heterocycles. The highest BCUT2D eigenvalue weighted by Gasteiger charge is 2.23. The molecule has 10 nitrogen and oxygen atoms in total. The third-order valence-corrected chi connectivity index (χ3v) is 8.98. The summed E-state index contributed by atoms with van der Waals surface area (Å²) in [7, 11) is -4.45. The summed E-state index contributed by atoms with van der Waals surface area (Å²) in [4.78, 5) is 23.1. The molecule has 0 fully saturated rings. The van der Waals surface area contributed by atoms with Crippen molar-refractivity contribution in [1.82, 2.24) is 9.97 Å². The number of aryl methyl sites for hydroxylation is 1. The molecular weight excluding hydrogens is 659 g/mol. The van der Waals surface area contributed by atoms with E-state index in [9.17, 15) is 17.4 Å². The number of carbonyl (C=O) groups is 1. The summed E-state index contributed by atoms with van der Waals surface area (Å²) in [6.45, 7) is 7.98. The normalized spacial score (nSPS) is 12.1. The lowest BCUT2D eigenvalue weighted by atomic mass is 9.86. The van der Waals surface area contributed by atoms with Crippen LogP contribution in [0.25, 0.3) is 22.0 Å². The molecule has 5 aromatic rings. The van der Waals surface area contributed by atoms with Crippen LogP contribution >= 0.6 is 0 Å². The molecular formula is C37H41N5O5S2. The number of anilines is 2. The Kier molecular flexibility index (Phi) is 9.85. The Balaban J connectivity index is 1.43. The average molecular weight is 700 g/mol. The molecule has 4 aromatic carbocycles. The van der Waals surface area contributed by atoms with E-state index in [1.807, 2.05) is 82.3 Å². The highest BCUT2D eigenvalue weighted by Crippen LogP contribution is 2.39. The fraction of sp³-hybridized carbons (Fsp3) is 0.270. The van der Waals surface area contributed by atoms with Crippen molar-refractivity contribution < 1.29 is 22.2 Å². The molecule has 1 amide bonds. The molecule has 0 aliphatic carbocycles. The Bertz CT molecular complexity index is 2310. The maximum absolute atomic E-state index is 13.7. The Morgan fingerprint density at radius 3 is 2.33 bits per heavy atom. The number of methoxy groups -OCH3 is 1. The van der Waals surface area contributed by atoms with Crippen LogP contribution in [0.2, 0.25) is 0 Å². The van der Waals surface area contributed by atoms with E-state index in [0.29, 0.717) is 29.2 Å². The van der Waals surface area contributed by atoms with E-state index in [2.05, 4.69) is 19.4 Å². The smallest absolute Gasteiger partial charge is 0.255 e. The van der Waals surface area contributed by atoms with Crippen molar-refractivity contribution in [3.63, 3.8) is 0 Å². The van der Waals surface area contributed by atoms with Crippen molar-refractivity contribution in [3.05, 3.63) is 107 Å². The van der Waals surface area contributed by atoms with E-state index >= 15 is 0 Å². The molecule has 0 saturated carbocycles. The fourth-order valence-corrected chi connectivity index (χ4v) is 6.58. The van der Waals surface area contributed by atoms with Crippen molar-refractivity contribution >= 4 is 53.6 Å². The number of sulfonamides is 1. The molecule has 256 valence electrons. The van der Waals surface area contributed by atoms with Gasteiger partial charge >= 0.3 is 0 Å². The lowest BCUT2D eigenvalue weighted by Crippen LogP contribution is -2.18. The zero-order valence-corrected chi connectivity index (χ0v) is 30.5. The van der Waals surface area contributed by atoms with E-state index < -0.39 is 19.8 Å². The molecule has 49 heavy (non-hydrogen) atoms. The molecule has 0 unspecified atom stereocenters. The molecule has 0 aliphatic heterocycles. The van der Waals surface area contributed by atoms with Gasteiger partial charge in [0.1, 0.15) is 5.82 Å². The summed E-state index contributed by atoms with van der Waals surface area (Å²) in [5, 5.41) is 3.80. The topological polar surface area (TPSA) is 140 Å². The van der Waals surface area contributed by atoms with Crippen molar-refractivity contribution in [3.8, 4) is 16.9 Å². The van der Waals surface area contributed by atoms with Gasteiger partial charge in [0.25, 0.3) is 5.91 Å². The minimum Gasteiger partial charge on any atom is -0.492 e. The summed E-state index contributed by atoms with van der Waals surface area (Å²) in [6, 6.07) is 22.5. The van der Waals surface area contributed by atoms with Crippen LogP contribution in [0.15, 0.2) is 83.4 Å². The van der Waals surface area contributed by atoms with Gasteiger partial charge in [0.15, 0.2) is 5.75 Å². The Hall–Kier alpha value is -4.81. The van der Waals surface area contributed by atoms with E-state index in [4.69, 9.17) is 9.72 Å². The monoisotopic (exact) mass is 699 g/mol. The van der Waals surface area contributed by atoms with Crippen LogP contribution in [0.3, 0.4) is 0 Å². The van der Waals surface area contributed by atoms with Gasteiger partial charge in [-0.1, -0.05) is 45.0 Å². The molecule has 0 spiro atoms. The van der Waals surface area contributed by atoms with Crippen LogP contribution in [0.5, 0.6) is 5.75 Å². The highest BCUT2D eigenvalue weighted by molar-refractivity contribution is 7.92. The van der Waals surface area contributed by atoms with Gasteiger partial charge in [0.2, 0.25) is 10.0 Å². The molecule has 1 heterocycles. The lowest BCUT2D eigenvalue weighted by molar-refractivity contribution is 0.102. The van der Waals surface area contributed by atoms with Gasteiger partial charge in [-0.25, -0.2) is 22.6 Å². The van der Waals surface area contributed by atoms with Crippen LogP contribution in [-0.2, 0) is 31.6 Å². The second-order valence-electron chi connectivity index (χ2n) is 13.4. The molecule has 0 radical (unpaired) electrons. The number of benzene rings is 4. The van der Waals surface area contributed by atoms with Crippen LogP contribution in [0.1, 0.15) is 53.6 Å². The van der Waals surface area contributed by atoms with Crippen LogP contribution in [0.4, 0.5) is 17.1 Å². The summed E-state index contributed by atoms with van der Waals surface area (Å²) in [6.07, 6.45) is 6.58. The third kappa shape index (κ3) is 9.01. The number of carbonyl (C=O) groups excluding carboxylic acids is 1. The second-order valence-corrected chi connectivity index (χ2v) is 17.7. The number of nitrogens with one attached hydrogen (secondary N) is 2. The number of aromatic nitrogens is 2. The first-order valence-corrected chi connectivity index (χ1v) is 19.8. The predicted octanol–water partition coefficient (Wildman–Crippen LogP) is 7.49. The number of nitrogens with zero attached hydrogens (tertiary/aromatic N) is 3. The van der Waals surface area contributed by atoms with E-state index in [-0.39, 0.29) is 22.8 Å². The molecule has 0 atom stereocenters. The van der Waals surface area contributed by atoms with Crippen LogP contribution < -0.4 is 14.8 Å². The van der Waals surface area contributed by atoms with Gasteiger partial charge in [-0.3, -0.25) is 9.52 Å². The average Bonchev–Trinajstić information content (AvgIpc) is 2.99. The van der Waals surface area contributed by atoms with Gasteiger partial charge in [0, 0.05) is 45.8 Å². The number of hydrogen-bond acceptors (Lipinski definition) is 8. The number of fused-ring (bicyclic) bond motifs is 1. The summed E-state index contributed by atoms with van der Waals surface area (Å²) >= 11 is 0. The van der Waals surface area contributed by atoms with E-state index in [0.717, 1.165) is 45.0 Å². The van der Waals surface area contributed by atoms with Gasteiger partial charge in [-0.15, -0.1) is 0 Å². The maximum atomic E-state index is 13.7. The molecule has 0 saturated heterocycles. The van der Waals surface area contributed by atoms with Crippen molar-refractivity contribution in [1.29, 1.82) is 0 Å². The molecule has 0 bridgehead atoms. The standard InChI is InChI=1S/C37H41N5O5S2/c1-23-12-13-26(36(43)40-32-20-28(37(2,3)4)21-33(35(32)47-5)42-49(8,45)46)19-30(23)25-14-15-31-27(18-25)22-38-34(39-31)17-24-10-9-11-29(16-24)41-48(6,7)44/h9-16,18-22,42H,17H2,1-8H3,(H,40,43). The Morgan fingerprint density at radius 1 is 0.918 bits per heavy atom. The van der Waals surface area contributed by atoms with E-state index in [1.165, 1.54) is 7.11 Å². The van der Waals surface area contributed by atoms with Gasteiger partial charge < -0.3 is 10.1 Å². The molecule has 0 aliphatic rings. The molecule has 5 rings (SSSR count). The zero-order valence-electron chi connectivity index (χ0n) is 28.9. The van der Waals surface area contributed by atoms with E-state index in [1.54, 1.807) is 36.9 Å². The minimum absolute atomic E-state index is 0.211. The summed E-state index contributed by atoms with van der Waals surface area (Å²) in [5.74, 6) is 0.492. The lowest BCUT2D eigenvalue weighted by Gasteiger charge is -2.24. The number of hydrogen-bond donors (Lipinski definition) is 2. The SMILES string of the molecule is COc1c(NC(=O)c2ccc(C)c(-c3ccc4nc(Cc5cccc(N=S(C)(C)=O)c5)ncc4c3)c2)cc(C(C)(C)C)cc1NS(C)(=O)=O. The minimum atomic E-state index is -3.61. The number of rotatable bonds is 9. The number of ether oxygens (including phenoxy) is 1. The first-order valence-electron chi connectivity index (χ1n) is 15.5. The highest BCUT2D eigenvalue weighted by atomic mass is 32.2. The van der Waals surface area contributed by atoms with Crippen molar-refractivity contribution in [2.75, 3.05) is 35.9 Å². The summed E-state index contributed by atoms with van der Waals surface area (Å²) in [5.41, 5.74) is 6.66. The number of amides is 1. The largest absolute Gasteiger partial charge is 0.492 e. The summed E-state index contributed by atoms with van der Waals surface area (Å²) < 4.78 is 48.8. The van der Waals surface area contributed by atoms with Crippen LogP contribution in [-0.4, -0.2) is 54.4 Å². The van der Waals surface area contributed by atoms with Crippen molar-refractivity contribution in [2.45, 2.75) is 39.5 Å². The Labute approximate surface area is 288 Å². The molecule has 2 N–H and O–H groups in total. The van der Waals surface area contributed by atoms with Gasteiger partial charge in [-0.05, 0) is 88.7 Å². The van der Waals surface area contributed by atoms with Gasteiger partial charge in [-0.2, -0.15) is 4.36 Å². The Morgan fingerprint density at radius 2 is 1.65 bits per heavy atom. The first kappa shape index (κ1) is 35.5. The maximum Gasteiger partial charge on any atom is 0.255 e. The zero-order chi connectivity index (χ0) is 35.7. The molecule has 12 heteroatoms. The van der Waals surface area contributed by atoms with Crippen molar-refractivity contribution in [2.24, 2.45) is 4.36 Å². The quantitative estimate of drug-likeness (QED) is 0.163. The fourth-order valence-electron chi connectivity index (χ4n) is 5.40. The van der Waals surface area contributed by atoms with Gasteiger partial charge in [0.05, 0.1) is 35.9 Å².